The number of fused-ring (bicyclic) bond motifs is 1. The molecule has 108 valence electrons. The Morgan fingerprint density at radius 1 is 1.16 bits per heavy atom. The number of rotatable bonds is 5. The molecule has 0 unspecified atom stereocenters. The first-order valence-electron chi connectivity index (χ1n) is 7.62. The molecule has 19 heavy (non-hydrogen) atoms. The fraction of sp³-hybridized carbons (Fsp3) is 0.867. The van der Waals surface area contributed by atoms with Crippen LogP contribution in [0.25, 0.3) is 0 Å². The minimum Gasteiger partial charge on any atom is -0.466 e. The molecule has 0 bridgehead atoms. The van der Waals surface area contributed by atoms with Crippen LogP contribution in [0.1, 0.15) is 51.9 Å². The van der Waals surface area contributed by atoms with Crippen LogP contribution in [0.5, 0.6) is 0 Å². The molecular weight excluding hydrogens is 242 g/mol. The molecule has 2 atom stereocenters. The van der Waals surface area contributed by atoms with Crippen LogP contribution in [-0.2, 0) is 14.3 Å². The number of ether oxygens (including phenoxy) is 1. The lowest BCUT2D eigenvalue weighted by Crippen LogP contribution is -2.48. The van der Waals surface area contributed by atoms with Gasteiger partial charge in [-0.05, 0) is 45.1 Å². The summed E-state index contributed by atoms with van der Waals surface area (Å²) < 4.78 is 4.83. The number of esters is 1. The SMILES string of the molecule is CCOC(=O)CC(=O)CN1CCC[C@H]2CCCC[C@H]21. The highest BCUT2D eigenvalue weighted by molar-refractivity contribution is 5.96. The Bertz CT molecular complexity index is 327. The van der Waals surface area contributed by atoms with Crippen LogP contribution in [0.2, 0.25) is 0 Å². The highest BCUT2D eigenvalue weighted by Crippen LogP contribution is 2.35. The standard InChI is InChI=1S/C15H25NO3/c1-2-19-15(18)10-13(17)11-16-9-5-7-12-6-3-4-8-14(12)16/h12,14H,2-11H2,1H3/t12-,14-/m1/s1. The first kappa shape index (κ1) is 14.5. The van der Waals surface area contributed by atoms with E-state index in [0.29, 0.717) is 19.2 Å². The predicted molar refractivity (Wildman–Crippen MR) is 72.8 cm³/mol. The Morgan fingerprint density at radius 2 is 1.89 bits per heavy atom. The quantitative estimate of drug-likeness (QED) is 0.566. The van der Waals surface area contributed by atoms with E-state index >= 15 is 0 Å². The van der Waals surface area contributed by atoms with Crippen molar-refractivity contribution < 1.29 is 14.3 Å². The molecule has 2 fully saturated rings. The summed E-state index contributed by atoms with van der Waals surface area (Å²) in [6.07, 6.45) is 7.59. The first-order valence-corrected chi connectivity index (χ1v) is 7.62. The molecule has 2 aliphatic rings. The van der Waals surface area contributed by atoms with Gasteiger partial charge in [-0.15, -0.1) is 0 Å². The van der Waals surface area contributed by atoms with Crippen LogP contribution in [0.4, 0.5) is 0 Å². The first-order chi connectivity index (χ1) is 9.20. The van der Waals surface area contributed by atoms with Crippen LogP contribution in [0, 0.1) is 5.92 Å². The molecule has 0 aromatic heterocycles. The van der Waals surface area contributed by atoms with Crippen molar-refractivity contribution in [1.29, 1.82) is 0 Å². The van der Waals surface area contributed by atoms with Crippen LogP contribution in [0.15, 0.2) is 0 Å². The number of nitrogens with zero attached hydrogens (tertiary/aromatic N) is 1. The fourth-order valence-corrected chi connectivity index (χ4v) is 3.58. The number of ketones is 1. The molecule has 2 rings (SSSR count). The van der Waals surface area contributed by atoms with Crippen molar-refractivity contribution in [1.82, 2.24) is 4.90 Å². The van der Waals surface area contributed by atoms with Gasteiger partial charge in [0.05, 0.1) is 13.2 Å². The topological polar surface area (TPSA) is 46.6 Å². The minimum absolute atomic E-state index is 0.00433. The van der Waals surface area contributed by atoms with Gasteiger partial charge in [0.25, 0.3) is 0 Å². The maximum Gasteiger partial charge on any atom is 0.313 e. The third-order valence-corrected chi connectivity index (χ3v) is 4.38. The molecule has 0 aromatic carbocycles. The maximum absolute atomic E-state index is 11.9. The van der Waals surface area contributed by atoms with E-state index in [0.717, 1.165) is 12.5 Å². The van der Waals surface area contributed by atoms with Gasteiger partial charge in [-0.3, -0.25) is 14.5 Å². The molecular formula is C15H25NO3. The monoisotopic (exact) mass is 267 g/mol. The summed E-state index contributed by atoms with van der Waals surface area (Å²) >= 11 is 0. The highest BCUT2D eigenvalue weighted by atomic mass is 16.5. The molecule has 1 saturated heterocycles. The summed E-state index contributed by atoms with van der Waals surface area (Å²) in [6.45, 7) is 3.55. The van der Waals surface area contributed by atoms with Crippen LogP contribution < -0.4 is 0 Å². The summed E-state index contributed by atoms with van der Waals surface area (Å²) in [5.41, 5.74) is 0. The third kappa shape index (κ3) is 4.03. The van der Waals surface area contributed by atoms with Crippen LogP contribution in [-0.4, -0.2) is 42.4 Å². The van der Waals surface area contributed by atoms with Gasteiger partial charge < -0.3 is 4.74 Å². The van der Waals surface area contributed by atoms with E-state index in [4.69, 9.17) is 4.74 Å². The highest BCUT2D eigenvalue weighted by Gasteiger charge is 2.33. The second kappa shape index (κ2) is 7.04. The number of carbonyl (C=O) groups excluding carboxylic acids is 2. The van der Waals surface area contributed by atoms with Gasteiger partial charge in [0, 0.05) is 6.04 Å². The van der Waals surface area contributed by atoms with Crippen molar-refractivity contribution in [2.75, 3.05) is 19.7 Å². The molecule has 0 spiro atoms. The van der Waals surface area contributed by atoms with Crippen molar-refractivity contribution >= 4 is 11.8 Å². The molecule has 0 N–H and O–H groups in total. The maximum atomic E-state index is 11.9. The van der Waals surface area contributed by atoms with E-state index < -0.39 is 0 Å². The lowest BCUT2D eigenvalue weighted by atomic mass is 9.78. The summed E-state index contributed by atoms with van der Waals surface area (Å²) in [5, 5.41) is 0. The lowest BCUT2D eigenvalue weighted by molar-refractivity contribution is -0.146. The van der Waals surface area contributed by atoms with Gasteiger partial charge in [-0.25, -0.2) is 0 Å². The van der Waals surface area contributed by atoms with Crippen LogP contribution in [0.3, 0.4) is 0 Å². The average molecular weight is 267 g/mol. The zero-order valence-corrected chi connectivity index (χ0v) is 11.9. The number of likely N-dealkylation sites (tertiary alicyclic amines) is 1. The zero-order chi connectivity index (χ0) is 13.7. The van der Waals surface area contributed by atoms with E-state index in [1.54, 1.807) is 6.92 Å². The number of Topliss-reactive ketones (excluding diaryl/α,β-unsaturated/α-hetero) is 1. The molecule has 1 saturated carbocycles. The van der Waals surface area contributed by atoms with E-state index in [-0.39, 0.29) is 18.2 Å². The summed E-state index contributed by atoms with van der Waals surface area (Å²) in [7, 11) is 0. The Morgan fingerprint density at radius 3 is 2.68 bits per heavy atom. The van der Waals surface area contributed by atoms with Gasteiger partial charge >= 0.3 is 5.97 Å². The molecule has 1 heterocycles. The van der Waals surface area contributed by atoms with Gasteiger partial charge in [0.1, 0.15) is 6.42 Å². The molecule has 0 amide bonds. The number of carbonyl (C=O) groups is 2. The van der Waals surface area contributed by atoms with Crippen LogP contribution >= 0.6 is 0 Å². The molecule has 1 aliphatic heterocycles. The van der Waals surface area contributed by atoms with Gasteiger partial charge in [-0.2, -0.15) is 0 Å². The number of hydrogen-bond donors (Lipinski definition) is 0. The van der Waals surface area contributed by atoms with Gasteiger partial charge in [-0.1, -0.05) is 12.8 Å². The lowest BCUT2D eigenvalue weighted by Gasteiger charge is -2.43. The fourth-order valence-electron chi connectivity index (χ4n) is 3.58. The smallest absolute Gasteiger partial charge is 0.313 e. The summed E-state index contributed by atoms with van der Waals surface area (Å²) in [5.74, 6) is 0.396. The Kier molecular flexibility index (Phi) is 5.37. The summed E-state index contributed by atoms with van der Waals surface area (Å²) in [4.78, 5) is 25.6. The van der Waals surface area contributed by atoms with Gasteiger partial charge in [0.2, 0.25) is 0 Å². The van der Waals surface area contributed by atoms with Crippen molar-refractivity contribution in [3.8, 4) is 0 Å². The Labute approximate surface area is 115 Å². The molecule has 4 nitrogen and oxygen atoms in total. The molecule has 4 heteroatoms. The molecule has 1 aliphatic carbocycles. The normalized spacial score (nSPS) is 27.6. The van der Waals surface area contributed by atoms with E-state index in [2.05, 4.69) is 4.90 Å². The second-order valence-electron chi connectivity index (χ2n) is 5.75. The number of piperidine rings is 1. The second-order valence-corrected chi connectivity index (χ2v) is 5.75. The Balaban J connectivity index is 1.83. The largest absolute Gasteiger partial charge is 0.466 e. The van der Waals surface area contributed by atoms with Crippen molar-refractivity contribution in [2.45, 2.75) is 57.9 Å². The van der Waals surface area contributed by atoms with Crippen molar-refractivity contribution in [2.24, 2.45) is 5.92 Å². The third-order valence-electron chi connectivity index (χ3n) is 4.38. The zero-order valence-electron chi connectivity index (χ0n) is 11.9. The average Bonchev–Trinajstić information content (AvgIpc) is 2.39. The van der Waals surface area contributed by atoms with E-state index in [9.17, 15) is 9.59 Å². The summed E-state index contributed by atoms with van der Waals surface area (Å²) in [6, 6.07) is 0.577. The molecule has 0 radical (unpaired) electrons. The van der Waals surface area contributed by atoms with E-state index in [1.807, 2.05) is 0 Å². The molecule has 0 aromatic rings. The van der Waals surface area contributed by atoms with Gasteiger partial charge in [0.15, 0.2) is 5.78 Å². The Hall–Kier alpha value is -0.900. The minimum atomic E-state index is -0.385. The van der Waals surface area contributed by atoms with Crippen molar-refractivity contribution in [3.63, 3.8) is 0 Å². The van der Waals surface area contributed by atoms with E-state index in [1.165, 1.54) is 38.5 Å². The van der Waals surface area contributed by atoms with Crippen molar-refractivity contribution in [3.05, 3.63) is 0 Å². The number of hydrogen-bond acceptors (Lipinski definition) is 4. The predicted octanol–water partition coefficient (Wildman–Crippen LogP) is 2.16.